The van der Waals surface area contributed by atoms with Gasteiger partial charge in [-0.2, -0.15) is 0 Å². The minimum atomic E-state index is -0.800. The Morgan fingerprint density at radius 1 is 1.09 bits per heavy atom. The summed E-state index contributed by atoms with van der Waals surface area (Å²) in [5, 5.41) is 3.44. The number of halogens is 2. The van der Waals surface area contributed by atoms with Gasteiger partial charge in [0.2, 0.25) is 5.88 Å². The zero-order valence-corrected chi connectivity index (χ0v) is 27.5. The van der Waals surface area contributed by atoms with E-state index in [-0.39, 0.29) is 24.4 Å². The first-order valence-electron chi connectivity index (χ1n) is 16.7. The van der Waals surface area contributed by atoms with Crippen LogP contribution in [0, 0.1) is 5.82 Å². The summed E-state index contributed by atoms with van der Waals surface area (Å²) >= 11 is 5.88. The molecule has 5 heterocycles. The van der Waals surface area contributed by atoms with Crippen LogP contribution in [0.15, 0.2) is 54.6 Å². The van der Waals surface area contributed by atoms with Crippen molar-refractivity contribution in [3.63, 3.8) is 0 Å². The standard InChI is InChI=1S/C36H41ClFN5O4/c1-36(14-2-3-17-47-36)35(44)39-27-9-10-32-31(20-27)40-33(43(32)21-28-13-18-45-28)22-42-15-11-24(12-16-42)30-5-4-6-34(41-30)46-23-25-7-8-26(37)19-29(25)38/h4-10,19-20,24,28H,2-3,11-18,21-23H2,1H3,(H,39,44)/t28-,36?/m0/s1. The fourth-order valence-electron chi connectivity index (χ4n) is 6.71. The van der Waals surface area contributed by atoms with E-state index in [1.807, 2.05) is 37.3 Å². The highest BCUT2D eigenvalue weighted by Gasteiger charge is 2.36. The van der Waals surface area contributed by atoms with Crippen LogP contribution in [0.25, 0.3) is 11.0 Å². The number of aromatic nitrogens is 3. The summed E-state index contributed by atoms with van der Waals surface area (Å²) in [6.07, 6.45) is 5.86. The predicted molar refractivity (Wildman–Crippen MR) is 178 cm³/mol. The second kappa shape index (κ2) is 13.9. The number of benzene rings is 2. The molecule has 248 valence electrons. The Hall–Kier alpha value is -3.57. The molecule has 3 fully saturated rings. The first kappa shape index (κ1) is 32.0. The van der Waals surface area contributed by atoms with Crippen molar-refractivity contribution in [3.8, 4) is 5.88 Å². The van der Waals surface area contributed by atoms with Gasteiger partial charge in [0, 0.05) is 47.2 Å². The van der Waals surface area contributed by atoms with Crippen molar-refractivity contribution in [2.75, 3.05) is 31.6 Å². The highest BCUT2D eigenvalue weighted by Crippen LogP contribution is 2.31. The lowest BCUT2D eigenvalue weighted by Gasteiger charge is -2.32. The van der Waals surface area contributed by atoms with Gasteiger partial charge in [-0.15, -0.1) is 0 Å². The van der Waals surface area contributed by atoms with Crippen LogP contribution in [0.3, 0.4) is 0 Å². The van der Waals surface area contributed by atoms with E-state index in [0.29, 0.717) is 29.0 Å². The number of imidazole rings is 1. The molecule has 4 aromatic rings. The quantitative estimate of drug-likeness (QED) is 0.198. The van der Waals surface area contributed by atoms with Gasteiger partial charge in [-0.3, -0.25) is 9.69 Å². The number of nitrogens with zero attached hydrogens (tertiary/aromatic N) is 4. The van der Waals surface area contributed by atoms with Crippen LogP contribution in [-0.2, 0) is 34.0 Å². The van der Waals surface area contributed by atoms with E-state index < -0.39 is 5.60 Å². The monoisotopic (exact) mass is 661 g/mol. The van der Waals surface area contributed by atoms with Gasteiger partial charge in [0.25, 0.3) is 5.91 Å². The van der Waals surface area contributed by atoms with Gasteiger partial charge >= 0.3 is 0 Å². The number of likely N-dealkylation sites (tertiary alicyclic amines) is 1. The summed E-state index contributed by atoms with van der Waals surface area (Å²) < 4.78 is 34.0. The van der Waals surface area contributed by atoms with Crippen LogP contribution >= 0.6 is 11.6 Å². The molecule has 9 nitrogen and oxygen atoms in total. The van der Waals surface area contributed by atoms with Crippen molar-refractivity contribution in [2.24, 2.45) is 0 Å². The summed E-state index contributed by atoms with van der Waals surface area (Å²) in [6.45, 7) is 6.69. The van der Waals surface area contributed by atoms with Crippen molar-refractivity contribution in [3.05, 3.63) is 82.5 Å². The summed E-state index contributed by atoms with van der Waals surface area (Å²) in [4.78, 5) is 25.4. The Bertz CT molecular complexity index is 1730. The molecule has 0 saturated carbocycles. The summed E-state index contributed by atoms with van der Waals surface area (Å²) in [6, 6.07) is 16.4. The lowest BCUT2D eigenvalue weighted by Crippen LogP contribution is -2.44. The van der Waals surface area contributed by atoms with E-state index >= 15 is 0 Å². The first-order valence-corrected chi connectivity index (χ1v) is 17.0. The van der Waals surface area contributed by atoms with Gasteiger partial charge < -0.3 is 24.1 Å². The molecule has 3 aliphatic rings. The number of carbonyl (C=O) groups is 1. The van der Waals surface area contributed by atoms with Crippen LogP contribution < -0.4 is 10.1 Å². The lowest BCUT2D eigenvalue weighted by atomic mass is 9.93. The van der Waals surface area contributed by atoms with Gasteiger partial charge in [-0.1, -0.05) is 23.7 Å². The van der Waals surface area contributed by atoms with Crippen LogP contribution in [-0.4, -0.2) is 63.4 Å². The Kier molecular flexibility index (Phi) is 9.45. The Labute approximate surface area is 279 Å². The minimum absolute atomic E-state index is 0.0897. The van der Waals surface area contributed by atoms with E-state index in [1.165, 1.54) is 6.07 Å². The van der Waals surface area contributed by atoms with Gasteiger partial charge in [-0.05, 0) is 94.9 Å². The highest BCUT2D eigenvalue weighted by atomic mass is 35.5. The maximum absolute atomic E-state index is 14.2. The molecule has 47 heavy (non-hydrogen) atoms. The fourth-order valence-corrected chi connectivity index (χ4v) is 6.86. The third kappa shape index (κ3) is 7.31. The van der Waals surface area contributed by atoms with Gasteiger partial charge in [0.1, 0.15) is 23.8 Å². The molecule has 0 aliphatic carbocycles. The molecular formula is C36H41ClFN5O4. The Balaban J connectivity index is 1.00. The number of ether oxygens (including phenoxy) is 3. The van der Waals surface area contributed by atoms with E-state index in [4.69, 9.17) is 35.8 Å². The SMILES string of the molecule is CC1(C(=O)Nc2ccc3c(c2)nc(CN2CCC(c4cccc(OCc5ccc(Cl)cc5F)n4)CC2)n3C[C@@H]2CCO2)CCCCO1. The normalized spacial score (nSPS) is 22.2. The van der Waals surface area contributed by atoms with E-state index in [1.54, 1.807) is 12.1 Å². The van der Waals surface area contributed by atoms with Crippen LogP contribution in [0.1, 0.15) is 68.4 Å². The molecule has 1 unspecified atom stereocenters. The van der Waals surface area contributed by atoms with Crippen molar-refractivity contribution in [1.82, 2.24) is 19.4 Å². The van der Waals surface area contributed by atoms with E-state index in [2.05, 4.69) is 20.9 Å². The molecule has 2 atom stereocenters. The van der Waals surface area contributed by atoms with Crippen molar-refractivity contribution >= 4 is 34.2 Å². The maximum atomic E-state index is 14.2. The van der Waals surface area contributed by atoms with Crippen LogP contribution in [0.4, 0.5) is 10.1 Å². The Morgan fingerprint density at radius 3 is 2.68 bits per heavy atom. The number of anilines is 1. The second-order valence-corrected chi connectivity index (χ2v) is 13.5. The fraction of sp³-hybridized carbons (Fsp3) is 0.472. The molecule has 7 rings (SSSR count). The number of carbonyl (C=O) groups excluding carboxylic acids is 1. The molecule has 0 bridgehead atoms. The zero-order valence-electron chi connectivity index (χ0n) is 26.7. The molecule has 3 saturated heterocycles. The first-order chi connectivity index (χ1) is 22.8. The molecule has 0 radical (unpaired) electrons. The third-order valence-electron chi connectivity index (χ3n) is 9.72. The number of hydrogen-bond acceptors (Lipinski definition) is 7. The molecular weight excluding hydrogens is 621 g/mol. The number of piperidine rings is 1. The van der Waals surface area contributed by atoms with Crippen LogP contribution in [0.5, 0.6) is 5.88 Å². The second-order valence-electron chi connectivity index (χ2n) is 13.1. The topological polar surface area (TPSA) is 90.7 Å². The number of nitrogens with one attached hydrogen (secondary N) is 1. The molecule has 0 spiro atoms. The molecule has 1 N–H and O–H groups in total. The molecule has 2 aromatic carbocycles. The van der Waals surface area contributed by atoms with Gasteiger partial charge in [0.15, 0.2) is 0 Å². The lowest BCUT2D eigenvalue weighted by molar-refractivity contribution is -0.144. The maximum Gasteiger partial charge on any atom is 0.256 e. The number of fused-ring (bicyclic) bond motifs is 1. The smallest absolute Gasteiger partial charge is 0.256 e. The summed E-state index contributed by atoms with van der Waals surface area (Å²) in [5.74, 6) is 1.31. The molecule has 1 amide bonds. The average molecular weight is 662 g/mol. The van der Waals surface area contributed by atoms with E-state index in [9.17, 15) is 9.18 Å². The number of rotatable bonds is 10. The molecule has 11 heteroatoms. The van der Waals surface area contributed by atoms with Crippen LogP contribution in [0.2, 0.25) is 5.02 Å². The van der Waals surface area contributed by atoms with Gasteiger partial charge in [0.05, 0.1) is 30.2 Å². The van der Waals surface area contributed by atoms with Gasteiger partial charge in [-0.25, -0.2) is 14.4 Å². The summed E-state index contributed by atoms with van der Waals surface area (Å²) in [5.41, 5.74) is 3.27. The average Bonchev–Trinajstić information content (AvgIpc) is 3.38. The predicted octanol–water partition coefficient (Wildman–Crippen LogP) is 6.87. The third-order valence-corrected chi connectivity index (χ3v) is 9.96. The largest absolute Gasteiger partial charge is 0.473 e. The van der Waals surface area contributed by atoms with Crippen molar-refractivity contribution in [2.45, 2.75) is 82.8 Å². The van der Waals surface area contributed by atoms with Crippen molar-refractivity contribution in [1.29, 1.82) is 0 Å². The highest BCUT2D eigenvalue weighted by molar-refractivity contribution is 6.30. The zero-order chi connectivity index (χ0) is 32.4. The van der Waals surface area contributed by atoms with Crippen molar-refractivity contribution < 1.29 is 23.4 Å². The molecule has 3 aliphatic heterocycles. The number of pyridine rings is 1. The minimum Gasteiger partial charge on any atom is -0.473 e. The number of hydrogen-bond donors (Lipinski definition) is 1. The summed E-state index contributed by atoms with van der Waals surface area (Å²) in [7, 11) is 0. The number of amides is 1. The van der Waals surface area contributed by atoms with E-state index in [0.717, 1.165) is 99.5 Å². The Morgan fingerprint density at radius 2 is 1.94 bits per heavy atom. The molecule has 2 aromatic heterocycles.